The maximum absolute atomic E-state index is 12.6. The number of rotatable bonds is 3. The molecule has 13 heteroatoms. The van der Waals surface area contributed by atoms with Crippen LogP contribution in [0.2, 0.25) is 0 Å². The maximum Gasteiger partial charge on any atom is 0.409 e. The molecule has 3 saturated heterocycles. The predicted molar refractivity (Wildman–Crippen MR) is 172 cm³/mol. The molecule has 1 spiro atoms. The van der Waals surface area contributed by atoms with Gasteiger partial charge in [0.05, 0.1) is 19.8 Å². The molecule has 49 heavy (non-hydrogen) atoms. The predicted octanol–water partition coefficient (Wildman–Crippen LogP) is -1.41. The van der Waals surface area contributed by atoms with Crippen molar-refractivity contribution in [2.75, 3.05) is 32.9 Å². The zero-order chi connectivity index (χ0) is 35.0. The lowest BCUT2D eigenvalue weighted by Crippen LogP contribution is -2.58. The highest BCUT2D eigenvalue weighted by molar-refractivity contribution is 5.83. The van der Waals surface area contributed by atoms with Crippen molar-refractivity contribution in [1.29, 1.82) is 0 Å². The van der Waals surface area contributed by atoms with Gasteiger partial charge in [-0.1, -0.05) is 35.8 Å². The zero-order valence-electron chi connectivity index (χ0n) is 26.8. The zero-order valence-corrected chi connectivity index (χ0v) is 26.8. The Morgan fingerprint density at radius 2 is 1.20 bits per heavy atom. The van der Waals surface area contributed by atoms with E-state index in [1.54, 1.807) is 11.8 Å². The molecule has 0 bridgehead atoms. The van der Waals surface area contributed by atoms with Gasteiger partial charge in [0.1, 0.15) is 61.0 Å². The van der Waals surface area contributed by atoms with Gasteiger partial charge in [0.2, 0.25) is 0 Å². The molecule has 0 aromatic heterocycles. The van der Waals surface area contributed by atoms with Gasteiger partial charge >= 0.3 is 6.09 Å². The molecule has 2 aromatic rings. The van der Waals surface area contributed by atoms with Crippen molar-refractivity contribution in [3.63, 3.8) is 0 Å². The molecule has 10 unspecified atom stereocenters. The summed E-state index contributed by atoms with van der Waals surface area (Å²) in [5.74, 6) is 11.7. The number of benzene rings is 2. The summed E-state index contributed by atoms with van der Waals surface area (Å²) in [5.41, 5.74) is 4.63. The summed E-state index contributed by atoms with van der Waals surface area (Å²) in [6.07, 6.45) is -12.7. The number of likely N-dealkylation sites (tertiary alicyclic amines) is 1. The number of amides is 1. The van der Waals surface area contributed by atoms with Crippen LogP contribution in [0.1, 0.15) is 42.0 Å². The number of nitrogens with zero attached hydrogens (tertiary/aromatic N) is 1. The van der Waals surface area contributed by atoms with Gasteiger partial charge in [-0.25, -0.2) is 4.79 Å². The van der Waals surface area contributed by atoms with E-state index in [0.717, 1.165) is 22.3 Å². The van der Waals surface area contributed by atoms with E-state index in [0.29, 0.717) is 37.1 Å². The summed E-state index contributed by atoms with van der Waals surface area (Å²) in [7, 11) is 0. The van der Waals surface area contributed by atoms with Gasteiger partial charge in [-0.05, 0) is 66.3 Å². The number of hydrogen-bond donors (Lipinski definition) is 8. The normalized spacial score (nSPS) is 33.0. The summed E-state index contributed by atoms with van der Waals surface area (Å²) in [5, 5.41) is 80.6. The summed E-state index contributed by atoms with van der Waals surface area (Å²) >= 11 is 0. The number of carbonyl (C=O) groups is 1. The van der Waals surface area contributed by atoms with Gasteiger partial charge in [-0.3, -0.25) is 0 Å². The third-order valence-corrected chi connectivity index (χ3v) is 10.0. The van der Waals surface area contributed by atoms with E-state index in [2.05, 4.69) is 23.7 Å². The summed E-state index contributed by atoms with van der Waals surface area (Å²) < 4.78 is 16.4. The average molecular weight is 680 g/mol. The first-order valence-electron chi connectivity index (χ1n) is 16.4. The van der Waals surface area contributed by atoms with E-state index in [4.69, 9.17) is 14.2 Å². The van der Waals surface area contributed by atoms with Crippen LogP contribution in [0.15, 0.2) is 36.4 Å². The van der Waals surface area contributed by atoms with Crippen LogP contribution in [-0.4, -0.2) is 146 Å². The second-order valence-corrected chi connectivity index (χ2v) is 12.8. The Morgan fingerprint density at radius 3 is 1.61 bits per heavy atom. The van der Waals surface area contributed by atoms with Gasteiger partial charge in [0, 0.05) is 29.6 Å². The number of aliphatic hydroxyl groups excluding tert-OH is 8. The lowest BCUT2D eigenvalue weighted by molar-refractivity contribution is -0.214. The van der Waals surface area contributed by atoms with E-state index in [9.17, 15) is 45.6 Å². The molecule has 2 aromatic carbocycles. The number of ether oxygens (including phenoxy) is 3. The van der Waals surface area contributed by atoms with Crippen molar-refractivity contribution < 1.29 is 59.9 Å². The van der Waals surface area contributed by atoms with Crippen LogP contribution in [0.3, 0.4) is 0 Å². The quantitative estimate of drug-likeness (QED) is 0.176. The molecule has 0 saturated carbocycles. The van der Waals surface area contributed by atoms with Gasteiger partial charge in [-0.2, -0.15) is 0 Å². The Hall–Kier alpha value is -3.57. The van der Waals surface area contributed by atoms with Crippen LogP contribution in [-0.2, 0) is 19.6 Å². The van der Waals surface area contributed by atoms with Crippen molar-refractivity contribution in [3.05, 3.63) is 58.7 Å². The minimum Gasteiger partial charge on any atom is -0.450 e. The summed E-state index contributed by atoms with van der Waals surface area (Å²) in [6.45, 7) is 1.77. The lowest BCUT2D eigenvalue weighted by atomic mass is 9.70. The van der Waals surface area contributed by atoms with Crippen LogP contribution in [0.4, 0.5) is 4.79 Å². The van der Waals surface area contributed by atoms with Gasteiger partial charge in [0.25, 0.3) is 0 Å². The monoisotopic (exact) mass is 679 g/mol. The number of aliphatic hydroxyl groups is 8. The first-order chi connectivity index (χ1) is 23.5. The van der Waals surface area contributed by atoms with Crippen LogP contribution >= 0.6 is 0 Å². The molecule has 3 fully saturated rings. The third kappa shape index (κ3) is 6.44. The number of fused-ring (bicyclic) bond motifs is 5. The van der Waals surface area contributed by atoms with Crippen molar-refractivity contribution in [2.24, 2.45) is 0 Å². The van der Waals surface area contributed by atoms with Crippen molar-refractivity contribution in [2.45, 2.75) is 86.2 Å². The highest BCUT2D eigenvalue weighted by atomic mass is 16.6. The van der Waals surface area contributed by atoms with Crippen molar-refractivity contribution in [1.82, 2.24) is 4.90 Å². The van der Waals surface area contributed by atoms with E-state index < -0.39 is 79.7 Å². The molecule has 0 radical (unpaired) electrons. The van der Waals surface area contributed by atoms with E-state index in [1.807, 2.05) is 36.4 Å². The van der Waals surface area contributed by atoms with Crippen molar-refractivity contribution in [3.8, 4) is 34.8 Å². The van der Waals surface area contributed by atoms with E-state index in [1.165, 1.54) is 0 Å². The third-order valence-electron chi connectivity index (χ3n) is 10.0. The average Bonchev–Trinajstić information content (AvgIpc) is 3.37. The summed E-state index contributed by atoms with van der Waals surface area (Å²) in [6, 6.07) is 11.5. The molecule has 4 aliphatic rings. The molecule has 3 heterocycles. The molecule has 262 valence electrons. The topological polar surface area (TPSA) is 210 Å². The Bertz CT molecular complexity index is 1560. The first-order valence-corrected chi connectivity index (χ1v) is 16.4. The fraction of sp³-hybridized carbons (Fsp3) is 0.528. The standard InChI is InChI=1S/C36H41NO12/c1-2-47-35(46)37-13-11-36(12-14-37)23-15-19(5-9-25-29(40)33(44)31(42)27(17-38)48-25)3-7-21(23)22-8-4-20(16-24(22)36)6-10-26-30(41)34(45)32(43)28(18-39)49-26/h3-4,7-8,15-16,25-34,38-45H,2,11-14,17-18H2,1H3. The highest BCUT2D eigenvalue weighted by Crippen LogP contribution is 2.54. The SMILES string of the molecule is CCOC(=O)N1CCC2(CC1)c1cc(C#CC3OC(CO)C(O)C(O)C3O)ccc1-c1ccc(C#CC3OC(CO)C(O)C(O)C3O)cc12. The minimum absolute atomic E-state index is 0.263. The maximum atomic E-state index is 12.6. The Labute approximate surface area is 283 Å². The Kier molecular flexibility index (Phi) is 10.3. The molecular weight excluding hydrogens is 638 g/mol. The van der Waals surface area contributed by atoms with Crippen LogP contribution in [0.5, 0.6) is 0 Å². The summed E-state index contributed by atoms with van der Waals surface area (Å²) in [4.78, 5) is 14.3. The molecule has 1 amide bonds. The molecular formula is C36H41NO12. The Morgan fingerprint density at radius 1 is 0.755 bits per heavy atom. The fourth-order valence-corrected chi connectivity index (χ4v) is 7.23. The van der Waals surface area contributed by atoms with Gasteiger partial charge in [0.15, 0.2) is 0 Å². The molecule has 1 aliphatic carbocycles. The molecule has 10 atom stereocenters. The smallest absolute Gasteiger partial charge is 0.409 e. The van der Waals surface area contributed by atoms with E-state index in [-0.39, 0.29) is 12.7 Å². The van der Waals surface area contributed by atoms with Gasteiger partial charge in [-0.15, -0.1) is 0 Å². The van der Waals surface area contributed by atoms with Crippen LogP contribution in [0.25, 0.3) is 11.1 Å². The lowest BCUT2D eigenvalue weighted by Gasteiger charge is -2.40. The van der Waals surface area contributed by atoms with Crippen molar-refractivity contribution >= 4 is 6.09 Å². The number of hydrogen-bond acceptors (Lipinski definition) is 12. The number of piperidine rings is 1. The highest BCUT2D eigenvalue weighted by Gasteiger charge is 2.47. The second-order valence-electron chi connectivity index (χ2n) is 12.8. The minimum atomic E-state index is -1.54. The largest absolute Gasteiger partial charge is 0.450 e. The molecule has 8 N–H and O–H groups in total. The first kappa shape index (κ1) is 35.3. The molecule has 3 aliphatic heterocycles. The number of carbonyl (C=O) groups excluding carboxylic acids is 1. The van der Waals surface area contributed by atoms with Crippen LogP contribution in [0, 0.1) is 23.7 Å². The van der Waals surface area contributed by atoms with Gasteiger partial charge < -0.3 is 60.0 Å². The van der Waals surface area contributed by atoms with E-state index >= 15 is 0 Å². The fourth-order valence-electron chi connectivity index (χ4n) is 7.23. The molecule has 6 rings (SSSR count). The second kappa shape index (κ2) is 14.3. The molecule has 13 nitrogen and oxygen atoms in total. The Balaban J connectivity index is 1.34. The van der Waals surface area contributed by atoms with Crippen LogP contribution < -0.4 is 0 Å².